The van der Waals surface area contributed by atoms with E-state index in [1.165, 1.54) is 17.1 Å². The Morgan fingerprint density at radius 3 is 1.50 bits per heavy atom. The Labute approximate surface area is 192 Å². The average Bonchev–Trinajstić information content (AvgIpc) is 3.09. The van der Waals surface area contributed by atoms with Crippen LogP contribution in [0.1, 0.15) is 44.9 Å². The van der Waals surface area contributed by atoms with Gasteiger partial charge in [-0.1, -0.05) is 25.7 Å². The molecule has 1 aliphatic heterocycles. The number of aliphatic hydroxyl groups is 4. The number of carbonyl (C=O) groups is 2. The quantitative estimate of drug-likeness (QED) is 0.138. The summed E-state index contributed by atoms with van der Waals surface area (Å²) < 4.78 is 0. The fourth-order valence-corrected chi connectivity index (χ4v) is 4.11. The number of unbranched alkanes of at least 4 members (excludes halogenated alkanes) is 3. The molecule has 0 aromatic rings. The van der Waals surface area contributed by atoms with Gasteiger partial charge < -0.3 is 20.4 Å². The number of imide groups is 1. The predicted octanol–water partition coefficient (Wildman–Crippen LogP) is -0.168. The lowest BCUT2D eigenvalue weighted by atomic mass is 9.93. The SMILES string of the molecule is O=C1C=CC(=O)N1CCCCCCC(CCN(CCO)CCO)CCN(CCO)CCO. The molecule has 1 rings (SSSR count). The number of hydrogen-bond acceptors (Lipinski definition) is 8. The molecule has 0 aromatic heterocycles. The highest BCUT2D eigenvalue weighted by molar-refractivity contribution is 6.12. The normalized spacial score (nSPS) is 14.2. The molecule has 4 N–H and O–H groups in total. The summed E-state index contributed by atoms with van der Waals surface area (Å²) in [5.74, 6) is 0.0297. The van der Waals surface area contributed by atoms with Crippen LogP contribution in [0.5, 0.6) is 0 Å². The summed E-state index contributed by atoms with van der Waals surface area (Å²) in [7, 11) is 0. The monoisotopic (exact) mass is 457 g/mol. The summed E-state index contributed by atoms with van der Waals surface area (Å²) in [5, 5.41) is 36.9. The first kappa shape index (κ1) is 28.7. The molecule has 1 aliphatic rings. The zero-order valence-corrected chi connectivity index (χ0v) is 19.4. The fourth-order valence-electron chi connectivity index (χ4n) is 4.11. The van der Waals surface area contributed by atoms with E-state index in [2.05, 4.69) is 9.80 Å². The second kappa shape index (κ2) is 18.1. The maximum absolute atomic E-state index is 11.6. The van der Waals surface area contributed by atoms with E-state index in [4.69, 9.17) is 0 Å². The van der Waals surface area contributed by atoms with Crippen LogP contribution in [0.3, 0.4) is 0 Å². The van der Waals surface area contributed by atoms with Crippen LogP contribution in [0.25, 0.3) is 0 Å². The first-order valence-electron chi connectivity index (χ1n) is 12.0. The molecular formula is C23H43N3O6. The molecule has 0 bridgehead atoms. The van der Waals surface area contributed by atoms with Crippen LogP contribution in [0.2, 0.25) is 0 Å². The van der Waals surface area contributed by atoms with Gasteiger partial charge in [0.05, 0.1) is 26.4 Å². The zero-order valence-electron chi connectivity index (χ0n) is 19.4. The van der Waals surface area contributed by atoms with Gasteiger partial charge in [0.2, 0.25) is 0 Å². The first-order chi connectivity index (χ1) is 15.5. The summed E-state index contributed by atoms with van der Waals surface area (Å²) in [6, 6.07) is 0. The van der Waals surface area contributed by atoms with Gasteiger partial charge in [-0.3, -0.25) is 24.3 Å². The molecule has 0 saturated carbocycles. The van der Waals surface area contributed by atoms with E-state index in [1.54, 1.807) is 0 Å². The van der Waals surface area contributed by atoms with Crippen molar-refractivity contribution in [2.75, 3.05) is 72.2 Å². The topological polar surface area (TPSA) is 125 Å². The number of aliphatic hydroxyl groups excluding tert-OH is 4. The van der Waals surface area contributed by atoms with Crippen molar-refractivity contribution >= 4 is 11.8 Å². The first-order valence-corrected chi connectivity index (χ1v) is 12.0. The van der Waals surface area contributed by atoms with Crippen molar-refractivity contribution in [1.82, 2.24) is 14.7 Å². The highest BCUT2D eigenvalue weighted by Crippen LogP contribution is 2.20. The molecule has 9 nitrogen and oxygen atoms in total. The Morgan fingerprint density at radius 2 is 1.06 bits per heavy atom. The van der Waals surface area contributed by atoms with Gasteiger partial charge in [0.1, 0.15) is 0 Å². The molecule has 0 unspecified atom stereocenters. The van der Waals surface area contributed by atoms with Gasteiger partial charge in [-0.2, -0.15) is 0 Å². The Kier molecular flexibility index (Phi) is 16.2. The van der Waals surface area contributed by atoms with Crippen LogP contribution in [-0.4, -0.2) is 119 Å². The second-order valence-corrected chi connectivity index (χ2v) is 8.39. The third-order valence-electron chi connectivity index (χ3n) is 6.02. The maximum Gasteiger partial charge on any atom is 0.253 e. The van der Waals surface area contributed by atoms with E-state index in [0.29, 0.717) is 38.6 Å². The minimum atomic E-state index is -0.222. The molecule has 1 heterocycles. The van der Waals surface area contributed by atoms with Crippen molar-refractivity contribution in [1.29, 1.82) is 0 Å². The average molecular weight is 458 g/mol. The van der Waals surface area contributed by atoms with E-state index in [-0.39, 0.29) is 38.2 Å². The Hall–Kier alpha value is -1.36. The molecule has 9 heteroatoms. The fraction of sp³-hybridized carbons (Fsp3) is 0.826. The molecule has 0 fully saturated rings. The van der Waals surface area contributed by atoms with E-state index < -0.39 is 0 Å². The van der Waals surface area contributed by atoms with Gasteiger partial charge in [-0.25, -0.2) is 0 Å². The molecule has 32 heavy (non-hydrogen) atoms. The smallest absolute Gasteiger partial charge is 0.253 e. The van der Waals surface area contributed by atoms with Gasteiger partial charge in [0, 0.05) is 44.9 Å². The van der Waals surface area contributed by atoms with Crippen LogP contribution in [0.4, 0.5) is 0 Å². The van der Waals surface area contributed by atoms with Crippen LogP contribution in [-0.2, 0) is 9.59 Å². The summed E-state index contributed by atoms with van der Waals surface area (Å²) in [4.78, 5) is 28.6. The van der Waals surface area contributed by atoms with Crippen molar-refractivity contribution in [3.8, 4) is 0 Å². The lowest BCUT2D eigenvalue weighted by Gasteiger charge is -2.26. The number of nitrogens with zero attached hydrogens (tertiary/aromatic N) is 3. The number of amides is 2. The lowest BCUT2D eigenvalue weighted by molar-refractivity contribution is -0.136. The number of carbonyl (C=O) groups excluding carboxylic acids is 2. The molecule has 0 atom stereocenters. The third-order valence-corrected chi connectivity index (χ3v) is 6.02. The van der Waals surface area contributed by atoms with Gasteiger partial charge in [-0.05, 0) is 38.3 Å². The molecule has 0 spiro atoms. The van der Waals surface area contributed by atoms with Crippen molar-refractivity contribution in [3.05, 3.63) is 12.2 Å². The summed E-state index contributed by atoms with van der Waals surface area (Å²) in [6.07, 6.45) is 9.50. The molecule has 186 valence electrons. The largest absolute Gasteiger partial charge is 0.395 e. The third kappa shape index (κ3) is 12.0. The van der Waals surface area contributed by atoms with E-state index >= 15 is 0 Å². The number of hydrogen-bond donors (Lipinski definition) is 4. The maximum atomic E-state index is 11.6. The Morgan fingerprint density at radius 1 is 0.625 bits per heavy atom. The van der Waals surface area contributed by atoms with Gasteiger partial charge >= 0.3 is 0 Å². The summed E-state index contributed by atoms with van der Waals surface area (Å²) >= 11 is 0. The van der Waals surface area contributed by atoms with Crippen molar-refractivity contribution < 1.29 is 30.0 Å². The Balaban J connectivity index is 2.41. The van der Waals surface area contributed by atoms with E-state index in [1.807, 2.05) is 0 Å². The van der Waals surface area contributed by atoms with Crippen molar-refractivity contribution in [3.63, 3.8) is 0 Å². The highest BCUT2D eigenvalue weighted by Gasteiger charge is 2.22. The standard InChI is InChI=1S/C23H43N3O6/c27-17-13-24(14-18-28)11-8-21(9-12-25(15-19-29)16-20-30)5-3-1-2-4-10-26-22(31)6-7-23(26)32/h6-7,21,27-30H,1-5,8-20H2. The van der Waals surface area contributed by atoms with Crippen LogP contribution in [0.15, 0.2) is 12.2 Å². The minimum Gasteiger partial charge on any atom is -0.395 e. The van der Waals surface area contributed by atoms with Gasteiger partial charge in [0.15, 0.2) is 0 Å². The predicted molar refractivity (Wildman–Crippen MR) is 123 cm³/mol. The molecule has 0 radical (unpaired) electrons. The van der Waals surface area contributed by atoms with Gasteiger partial charge in [-0.15, -0.1) is 0 Å². The Bertz CT molecular complexity index is 496. The van der Waals surface area contributed by atoms with Crippen LogP contribution < -0.4 is 0 Å². The molecule has 2 amide bonds. The van der Waals surface area contributed by atoms with E-state index in [9.17, 15) is 30.0 Å². The number of rotatable bonds is 21. The van der Waals surface area contributed by atoms with Gasteiger partial charge in [0.25, 0.3) is 11.8 Å². The van der Waals surface area contributed by atoms with Crippen LogP contribution in [0, 0.1) is 5.92 Å². The summed E-state index contributed by atoms with van der Waals surface area (Å²) in [5.41, 5.74) is 0. The van der Waals surface area contributed by atoms with Crippen LogP contribution >= 0.6 is 0 Å². The van der Waals surface area contributed by atoms with Crippen molar-refractivity contribution in [2.45, 2.75) is 44.9 Å². The molecule has 0 aliphatic carbocycles. The highest BCUT2D eigenvalue weighted by atomic mass is 16.3. The molecule has 0 aromatic carbocycles. The van der Waals surface area contributed by atoms with E-state index in [0.717, 1.165) is 58.0 Å². The molecular weight excluding hydrogens is 414 g/mol. The second-order valence-electron chi connectivity index (χ2n) is 8.39. The minimum absolute atomic E-state index is 0.0724. The summed E-state index contributed by atoms with van der Waals surface area (Å²) in [6.45, 7) is 4.61. The lowest BCUT2D eigenvalue weighted by Crippen LogP contribution is -2.34. The van der Waals surface area contributed by atoms with Crippen molar-refractivity contribution in [2.24, 2.45) is 5.92 Å². The zero-order chi connectivity index (χ0) is 23.6. The molecule has 0 saturated heterocycles.